The molecule has 1 aromatic rings. The predicted octanol–water partition coefficient (Wildman–Crippen LogP) is 3.58. The molecule has 0 aromatic heterocycles. The van der Waals surface area contributed by atoms with Gasteiger partial charge in [-0.25, -0.2) is 5.11 Å². The van der Waals surface area contributed by atoms with Crippen LogP contribution >= 0.6 is 15.9 Å². The van der Waals surface area contributed by atoms with Gasteiger partial charge < -0.3 is 0 Å². The lowest BCUT2D eigenvalue weighted by atomic mass is 10.00. The van der Waals surface area contributed by atoms with E-state index >= 15 is 0 Å². The molecule has 1 nitrogen and oxygen atoms in total. The van der Waals surface area contributed by atoms with E-state index in [1.54, 1.807) is 0 Å². The standard InChI is InChI=1S/C10H12BrO/c1-7(2)10(12)8-3-5-9(11)6-4-8/h3-7,10H,1-2H3. The van der Waals surface area contributed by atoms with E-state index in [-0.39, 0.29) is 5.92 Å². The van der Waals surface area contributed by atoms with E-state index in [2.05, 4.69) is 15.9 Å². The number of hydrogen-bond donors (Lipinski definition) is 0. The molecular weight excluding hydrogens is 216 g/mol. The fourth-order valence-electron chi connectivity index (χ4n) is 1.04. The summed E-state index contributed by atoms with van der Waals surface area (Å²) >= 11 is 3.33. The van der Waals surface area contributed by atoms with Gasteiger partial charge in [0.2, 0.25) is 0 Å². The van der Waals surface area contributed by atoms with Gasteiger partial charge >= 0.3 is 0 Å². The van der Waals surface area contributed by atoms with Crippen molar-refractivity contribution in [1.82, 2.24) is 0 Å². The predicted molar refractivity (Wildman–Crippen MR) is 52.4 cm³/mol. The fourth-order valence-corrected chi connectivity index (χ4v) is 1.30. The second-order valence-electron chi connectivity index (χ2n) is 3.22. The Bertz CT molecular complexity index is 241. The summed E-state index contributed by atoms with van der Waals surface area (Å²) in [5, 5.41) is 11.5. The van der Waals surface area contributed by atoms with Gasteiger partial charge in [-0.05, 0) is 23.6 Å². The Morgan fingerprint density at radius 2 is 1.67 bits per heavy atom. The Kier molecular flexibility index (Phi) is 3.29. The van der Waals surface area contributed by atoms with Crippen molar-refractivity contribution in [3.8, 4) is 0 Å². The molecule has 1 unspecified atom stereocenters. The Morgan fingerprint density at radius 1 is 1.17 bits per heavy atom. The summed E-state index contributed by atoms with van der Waals surface area (Å²) in [6.07, 6.45) is -0.599. The molecule has 0 amide bonds. The van der Waals surface area contributed by atoms with Gasteiger partial charge in [0, 0.05) is 4.47 Å². The van der Waals surface area contributed by atoms with Crippen LogP contribution in [0, 0.1) is 5.92 Å². The minimum atomic E-state index is -0.599. The summed E-state index contributed by atoms with van der Waals surface area (Å²) in [6, 6.07) is 7.56. The van der Waals surface area contributed by atoms with Crippen molar-refractivity contribution >= 4 is 15.9 Å². The highest BCUT2D eigenvalue weighted by Crippen LogP contribution is 2.23. The van der Waals surface area contributed by atoms with Gasteiger partial charge in [0.1, 0.15) is 6.10 Å². The maximum absolute atomic E-state index is 11.5. The van der Waals surface area contributed by atoms with Gasteiger partial charge in [-0.15, -0.1) is 0 Å². The average molecular weight is 228 g/mol. The molecule has 65 valence electrons. The highest BCUT2D eigenvalue weighted by molar-refractivity contribution is 9.10. The highest BCUT2D eigenvalue weighted by Gasteiger charge is 2.12. The largest absolute Gasteiger partial charge is 0.228 e. The van der Waals surface area contributed by atoms with Crippen molar-refractivity contribution in [2.45, 2.75) is 20.0 Å². The Labute approximate surface area is 81.6 Å². The summed E-state index contributed by atoms with van der Waals surface area (Å²) in [4.78, 5) is 0. The van der Waals surface area contributed by atoms with Crippen molar-refractivity contribution in [3.63, 3.8) is 0 Å². The third kappa shape index (κ3) is 2.32. The topological polar surface area (TPSA) is 19.9 Å². The van der Waals surface area contributed by atoms with Gasteiger partial charge in [-0.1, -0.05) is 41.9 Å². The maximum atomic E-state index is 11.5. The Balaban J connectivity index is 2.82. The van der Waals surface area contributed by atoms with Gasteiger partial charge in [-0.2, -0.15) is 0 Å². The van der Waals surface area contributed by atoms with Crippen LogP contribution in [-0.2, 0) is 5.11 Å². The molecule has 0 heterocycles. The first-order valence-electron chi connectivity index (χ1n) is 4.02. The molecule has 0 spiro atoms. The molecule has 0 saturated carbocycles. The molecular formula is C10H12BrO. The number of halogens is 1. The first-order chi connectivity index (χ1) is 5.61. The summed E-state index contributed by atoms with van der Waals surface area (Å²) in [5.41, 5.74) is 0.869. The molecule has 0 fully saturated rings. The normalized spacial score (nSPS) is 13.4. The van der Waals surface area contributed by atoms with E-state index in [1.807, 2.05) is 38.1 Å². The second-order valence-corrected chi connectivity index (χ2v) is 4.13. The quantitative estimate of drug-likeness (QED) is 0.737. The third-order valence-corrected chi connectivity index (χ3v) is 2.33. The van der Waals surface area contributed by atoms with Crippen LogP contribution in [-0.4, -0.2) is 0 Å². The molecule has 12 heavy (non-hydrogen) atoms. The zero-order valence-electron chi connectivity index (χ0n) is 7.25. The molecule has 1 radical (unpaired) electrons. The maximum Gasteiger partial charge on any atom is 0.120 e. The molecule has 0 aliphatic heterocycles. The SMILES string of the molecule is CC(C)C([O])c1ccc(Br)cc1. The molecule has 0 bridgehead atoms. The lowest BCUT2D eigenvalue weighted by molar-refractivity contribution is 0.0488. The van der Waals surface area contributed by atoms with Crippen LogP contribution in [0.2, 0.25) is 0 Å². The van der Waals surface area contributed by atoms with Crippen molar-refractivity contribution in [2.75, 3.05) is 0 Å². The summed E-state index contributed by atoms with van der Waals surface area (Å²) in [7, 11) is 0. The van der Waals surface area contributed by atoms with Crippen LogP contribution in [0.15, 0.2) is 28.7 Å². The van der Waals surface area contributed by atoms with Crippen molar-refractivity contribution in [2.24, 2.45) is 5.92 Å². The van der Waals surface area contributed by atoms with E-state index in [0.717, 1.165) is 10.0 Å². The minimum absolute atomic E-state index is 0.158. The van der Waals surface area contributed by atoms with Crippen LogP contribution in [0.3, 0.4) is 0 Å². The Morgan fingerprint density at radius 3 is 2.08 bits per heavy atom. The van der Waals surface area contributed by atoms with E-state index in [1.165, 1.54) is 0 Å². The van der Waals surface area contributed by atoms with Crippen LogP contribution in [0.25, 0.3) is 0 Å². The molecule has 0 saturated heterocycles. The number of benzene rings is 1. The van der Waals surface area contributed by atoms with Crippen molar-refractivity contribution in [3.05, 3.63) is 34.3 Å². The Hall–Kier alpha value is -0.340. The molecule has 0 aliphatic rings. The lowest BCUT2D eigenvalue weighted by Gasteiger charge is -2.11. The second kappa shape index (κ2) is 4.06. The van der Waals surface area contributed by atoms with Crippen LogP contribution in [0.5, 0.6) is 0 Å². The van der Waals surface area contributed by atoms with E-state index < -0.39 is 6.10 Å². The smallest absolute Gasteiger partial charge is 0.120 e. The van der Waals surface area contributed by atoms with E-state index in [0.29, 0.717) is 0 Å². The monoisotopic (exact) mass is 227 g/mol. The van der Waals surface area contributed by atoms with Crippen LogP contribution in [0.4, 0.5) is 0 Å². The first kappa shape index (κ1) is 9.75. The van der Waals surface area contributed by atoms with Gasteiger partial charge in [0.15, 0.2) is 0 Å². The zero-order valence-corrected chi connectivity index (χ0v) is 8.84. The molecule has 2 heteroatoms. The van der Waals surface area contributed by atoms with Crippen molar-refractivity contribution < 1.29 is 5.11 Å². The van der Waals surface area contributed by atoms with Crippen LogP contribution < -0.4 is 0 Å². The van der Waals surface area contributed by atoms with Crippen molar-refractivity contribution in [1.29, 1.82) is 0 Å². The molecule has 1 atom stereocenters. The minimum Gasteiger partial charge on any atom is -0.228 e. The fraction of sp³-hybridized carbons (Fsp3) is 0.400. The first-order valence-corrected chi connectivity index (χ1v) is 4.82. The molecule has 1 aromatic carbocycles. The lowest BCUT2D eigenvalue weighted by Crippen LogP contribution is -2.03. The van der Waals surface area contributed by atoms with Gasteiger partial charge in [0.25, 0.3) is 0 Å². The third-order valence-electron chi connectivity index (χ3n) is 1.80. The molecule has 0 N–H and O–H groups in total. The molecule has 1 rings (SSSR count). The number of rotatable bonds is 2. The average Bonchev–Trinajstić information content (AvgIpc) is 2.04. The van der Waals surface area contributed by atoms with Crippen LogP contribution in [0.1, 0.15) is 25.5 Å². The van der Waals surface area contributed by atoms with E-state index in [4.69, 9.17) is 0 Å². The highest BCUT2D eigenvalue weighted by atomic mass is 79.9. The molecule has 0 aliphatic carbocycles. The number of hydrogen-bond acceptors (Lipinski definition) is 0. The van der Waals surface area contributed by atoms with Gasteiger partial charge in [-0.3, -0.25) is 0 Å². The van der Waals surface area contributed by atoms with E-state index in [9.17, 15) is 5.11 Å². The van der Waals surface area contributed by atoms with Gasteiger partial charge in [0.05, 0.1) is 0 Å². The summed E-state index contributed by atoms with van der Waals surface area (Å²) in [5.74, 6) is 0.158. The summed E-state index contributed by atoms with van der Waals surface area (Å²) < 4.78 is 1.02. The zero-order chi connectivity index (χ0) is 9.14. The summed E-state index contributed by atoms with van der Waals surface area (Å²) in [6.45, 7) is 3.89.